The molecule has 4 rings (SSSR count). The van der Waals surface area contributed by atoms with Gasteiger partial charge in [0.05, 0.1) is 11.2 Å². The van der Waals surface area contributed by atoms with Crippen LogP contribution in [0.5, 0.6) is 0 Å². The molecule has 0 amide bonds. The molecule has 3 heteroatoms. The van der Waals surface area contributed by atoms with Crippen LogP contribution in [0.4, 0.5) is 0 Å². The molecule has 0 atom stereocenters. The van der Waals surface area contributed by atoms with Gasteiger partial charge in [0.25, 0.3) is 0 Å². The number of benzene rings is 3. The van der Waals surface area contributed by atoms with Crippen molar-refractivity contribution < 1.29 is 0 Å². The standard InChI is InChI=1S/C24H17ClN2/c1-3-7-16(4-2)17-10-11-19-15-20(13-12-18(19)14-17)23-21-8-5-6-9-22(21)26-24(25)27-23/h3-15H,1-2H2/b16-7+. The van der Waals surface area contributed by atoms with Gasteiger partial charge in [-0.1, -0.05) is 73.9 Å². The molecule has 1 aromatic heterocycles. The van der Waals surface area contributed by atoms with Crippen molar-refractivity contribution >= 4 is 38.8 Å². The van der Waals surface area contributed by atoms with Crippen molar-refractivity contribution in [2.24, 2.45) is 0 Å². The highest BCUT2D eigenvalue weighted by molar-refractivity contribution is 6.28. The molecule has 0 saturated heterocycles. The maximum atomic E-state index is 6.15. The van der Waals surface area contributed by atoms with Gasteiger partial charge in [0.2, 0.25) is 5.28 Å². The summed E-state index contributed by atoms with van der Waals surface area (Å²) in [6.45, 7) is 7.65. The Morgan fingerprint density at radius 2 is 1.67 bits per heavy atom. The van der Waals surface area contributed by atoms with E-state index >= 15 is 0 Å². The number of allylic oxidation sites excluding steroid dienone is 4. The summed E-state index contributed by atoms with van der Waals surface area (Å²) in [5, 5.41) is 3.53. The van der Waals surface area contributed by atoms with E-state index in [-0.39, 0.29) is 5.28 Å². The summed E-state index contributed by atoms with van der Waals surface area (Å²) in [6.07, 6.45) is 5.57. The van der Waals surface area contributed by atoms with Crippen molar-refractivity contribution in [3.05, 3.63) is 103 Å². The SMILES string of the molecule is C=C/C=C(\C=C)c1ccc2cc(-c3nc(Cl)nc4ccccc34)ccc2c1. The van der Waals surface area contributed by atoms with E-state index in [1.165, 1.54) is 0 Å². The topological polar surface area (TPSA) is 25.8 Å². The van der Waals surface area contributed by atoms with Crippen LogP contribution in [0.2, 0.25) is 5.28 Å². The van der Waals surface area contributed by atoms with E-state index in [4.69, 9.17) is 11.6 Å². The van der Waals surface area contributed by atoms with Gasteiger partial charge < -0.3 is 0 Å². The molecule has 0 aliphatic carbocycles. The van der Waals surface area contributed by atoms with Gasteiger partial charge in [-0.2, -0.15) is 0 Å². The zero-order chi connectivity index (χ0) is 18.8. The number of hydrogen-bond acceptors (Lipinski definition) is 2. The Kier molecular flexibility index (Phi) is 4.57. The van der Waals surface area contributed by atoms with Crippen LogP contribution >= 0.6 is 11.6 Å². The lowest BCUT2D eigenvalue weighted by Gasteiger charge is -2.09. The maximum Gasteiger partial charge on any atom is 0.223 e. The number of halogens is 1. The van der Waals surface area contributed by atoms with E-state index in [0.29, 0.717) is 0 Å². The Labute approximate surface area is 163 Å². The van der Waals surface area contributed by atoms with Gasteiger partial charge in [-0.25, -0.2) is 9.97 Å². The lowest BCUT2D eigenvalue weighted by molar-refractivity contribution is 1.22. The van der Waals surface area contributed by atoms with Crippen LogP contribution in [0.25, 0.3) is 38.5 Å². The smallest absolute Gasteiger partial charge is 0.218 e. The first-order valence-corrected chi connectivity index (χ1v) is 8.99. The highest BCUT2D eigenvalue weighted by atomic mass is 35.5. The first-order chi connectivity index (χ1) is 13.2. The van der Waals surface area contributed by atoms with Crippen LogP contribution < -0.4 is 0 Å². The van der Waals surface area contributed by atoms with Crippen molar-refractivity contribution in [3.63, 3.8) is 0 Å². The normalized spacial score (nSPS) is 11.7. The summed E-state index contributed by atoms with van der Waals surface area (Å²) < 4.78 is 0. The molecule has 0 radical (unpaired) electrons. The molecule has 0 unspecified atom stereocenters. The molecule has 2 nitrogen and oxygen atoms in total. The third-order valence-electron chi connectivity index (χ3n) is 4.54. The predicted molar refractivity (Wildman–Crippen MR) is 116 cm³/mol. The van der Waals surface area contributed by atoms with E-state index in [1.807, 2.05) is 36.4 Å². The van der Waals surface area contributed by atoms with Crippen molar-refractivity contribution in [1.82, 2.24) is 9.97 Å². The second-order valence-electron chi connectivity index (χ2n) is 6.20. The summed E-state index contributed by atoms with van der Waals surface area (Å²) in [7, 11) is 0. The number of nitrogens with zero attached hydrogens (tertiary/aromatic N) is 2. The summed E-state index contributed by atoms with van der Waals surface area (Å²) in [5.41, 5.74) is 4.86. The Bertz CT molecular complexity index is 1220. The van der Waals surface area contributed by atoms with Gasteiger partial charge in [0.1, 0.15) is 0 Å². The molecule has 27 heavy (non-hydrogen) atoms. The fraction of sp³-hybridized carbons (Fsp3) is 0. The van der Waals surface area contributed by atoms with Crippen LogP contribution in [0, 0.1) is 0 Å². The van der Waals surface area contributed by atoms with Crippen molar-refractivity contribution in [2.45, 2.75) is 0 Å². The zero-order valence-corrected chi connectivity index (χ0v) is 15.4. The summed E-state index contributed by atoms with van der Waals surface area (Å²) in [6, 6.07) is 20.6. The molecular weight excluding hydrogens is 352 g/mol. The monoisotopic (exact) mass is 368 g/mol. The number of hydrogen-bond donors (Lipinski definition) is 0. The molecule has 0 N–H and O–H groups in total. The molecule has 0 aliphatic heterocycles. The van der Waals surface area contributed by atoms with Crippen LogP contribution in [0.15, 0.2) is 92.0 Å². The first kappa shape index (κ1) is 17.2. The van der Waals surface area contributed by atoms with Gasteiger partial charge >= 0.3 is 0 Å². The molecule has 3 aromatic carbocycles. The quantitative estimate of drug-likeness (QED) is 0.290. The van der Waals surface area contributed by atoms with Crippen LogP contribution in [0.3, 0.4) is 0 Å². The molecular formula is C24H17ClN2. The average Bonchev–Trinajstić information content (AvgIpc) is 2.70. The summed E-state index contributed by atoms with van der Waals surface area (Å²) in [4.78, 5) is 8.80. The van der Waals surface area contributed by atoms with E-state index in [2.05, 4.69) is 59.5 Å². The Balaban J connectivity index is 1.87. The Morgan fingerprint density at radius 1 is 0.889 bits per heavy atom. The molecule has 0 aliphatic rings. The van der Waals surface area contributed by atoms with E-state index in [0.717, 1.165) is 44.1 Å². The number of fused-ring (bicyclic) bond motifs is 2. The number of aromatic nitrogens is 2. The van der Waals surface area contributed by atoms with E-state index in [9.17, 15) is 0 Å². The first-order valence-electron chi connectivity index (χ1n) is 8.61. The molecule has 1 heterocycles. The minimum Gasteiger partial charge on any atom is -0.218 e. The van der Waals surface area contributed by atoms with Gasteiger partial charge in [-0.05, 0) is 51.7 Å². The third-order valence-corrected chi connectivity index (χ3v) is 4.71. The molecule has 0 bridgehead atoms. The highest BCUT2D eigenvalue weighted by Gasteiger charge is 2.10. The minimum atomic E-state index is 0.254. The van der Waals surface area contributed by atoms with Crippen LogP contribution in [-0.2, 0) is 0 Å². The van der Waals surface area contributed by atoms with Crippen molar-refractivity contribution in [2.75, 3.05) is 0 Å². The predicted octanol–water partition coefficient (Wildman–Crippen LogP) is 6.86. The lowest BCUT2D eigenvalue weighted by atomic mass is 9.98. The largest absolute Gasteiger partial charge is 0.223 e. The molecule has 0 fully saturated rings. The third kappa shape index (κ3) is 3.27. The van der Waals surface area contributed by atoms with Crippen molar-refractivity contribution in [1.29, 1.82) is 0 Å². The van der Waals surface area contributed by atoms with Crippen LogP contribution in [-0.4, -0.2) is 9.97 Å². The maximum absolute atomic E-state index is 6.15. The van der Waals surface area contributed by atoms with E-state index < -0.39 is 0 Å². The van der Waals surface area contributed by atoms with Gasteiger partial charge in [-0.3, -0.25) is 0 Å². The number of para-hydroxylation sites is 1. The Hall–Kier alpha value is -3.23. The number of rotatable bonds is 4. The molecule has 4 aromatic rings. The fourth-order valence-corrected chi connectivity index (χ4v) is 3.43. The van der Waals surface area contributed by atoms with Gasteiger partial charge in [0.15, 0.2) is 0 Å². The van der Waals surface area contributed by atoms with Crippen molar-refractivity contribution in [3.8, 4) is 11.3 Å². The van der Waals surface area contributed by atoms with Gasteiger partial charge in [-0.15, -0.1) is 0 Å². The minimum absolute atomic E-state index is 0.254. The molecule has 0 spiro atoms. The fourth-order valence-electron chi connectivity index (χ4n) is 3.25. The molecule has 130 valence electrons. The van der Waals surface area contributed by atoms with Crippen LogP contribution in [0.1, 0.15) is 5.56 Å². The Morgan fingerprint density at radius 3 is 2.48 bits per heavy atom. The second kappa shape index (κ2) is 7.18. The summed E-state index contributed by atoms with van der Waals surface area (Å²) in [5.74, 6) is 0. The lowest BCUT2D eigenvalue weighted by Crippen LogP contribution is -1.91. The summed E-state index contributed by atoms with van der Waals surface area (Å²) >= 11 is 6.15. The second-order valence-corrected chi connectivity index (χ2v) is 6.53. The highest BCUT2D eigenvalue weighted by Crippen LogP contribution is 2.30. The average molecular weight is 369 g/mol. The zero-order valence-electron chi connectivity index (χ0n) is 14.7. The van der Waals surface area contributed by atoms with Gasteiger partial charge in [0, 0.05) is 10.9 Å². The van der Waals surface area contributed by atoms with E-state index in [1.54, 1.807) is 6.08 Å². The molecule has 0 saturated carbocycles.